The van der Waals surface area contributed by atoms with E-state index < -0.39 is 0 Å². The molecular formula is C11H15NO2. The average Bonchev–Trinajstić information content (AvgIpc) is 2.64. The van der Waals surface area contributed by atoms with Crippen LogP contribution in [0.15, 0.2) is 18.2 Å². The molecule has 76 valence electrons. The Bertz CT molecular complexity index is 319. The Morgan fingerprint density at radius 2 is 2.36 bits per heavy atom. The fourth-order valence-corrected chi connectivity index (χ4v) is 1.63. The van der Waals surface area contributed by atoms with Gasteiger partial charge in [-0.3, -0.25) is 0 Å². The molecule has 3 heteroatoms. The lowest BCUT2D eigenvalue weighted by Crippen LogP contribution is -2.18. The van der Waals surface area contributed by atoms with Crippen LogP contribution in [0.4, 0.5) is 5.69 Å². The molecule has 3 nitrogen and oxygen atoms in total. The van der Waals surface area contributed by atoms with E-state index in [2.05, 4.69) is 5.32 Å². The molecule has 2 N–H and O–H groups in total. The van der Waals surface area contributed by atoms with Crippen molar-refractivity contribution in [2.75, 3.05) is 18.5 Å². The quantitative estimate of drug-likeness (QED) is 0.705. The number of ether oxygens (including phenoxy) is 1. The normalized spacial score (nSPS) is 21.1. The smallest absolute Gasteiger partial charge is 0.118 e. The molecule has 1 aliphatic rings. The lowest BCUT2D eigenvalue weighted by molar-refractivity contribution is 0.195. The molecule has 0 amide bonds. The fraction of sp³-hybridized carbons (Fsp3) is 0.455. The molecular weight excluding hydrogens is 178 g/mol. The summed E-state index contributed by atoms with van der Waals surface area (Å²) >= 11 is 0. The van der Waals surface area contributed by atoms with E-state index >= 15 is 0 Å². The van der Waals surface area contributed by atoms with Gasteiger partial charge in [0.15, 0.2) is 0 Å². The van der Waals surface area contributed by atoms with Gasteiger partial charge >= 0.3 is 0 Å². The monoisotopic (exact) mass is 193 g/mol. The molecule has 0 spiro atoms. The number of phenols is 1. The van der Waals surface area contributed by atoms with E-state index in [1.165, 1.54) is 0 Å². The maximum absolute atomic E-state index is 9.35. The highest BCUT2D eigenvalue weighted by Gasteiger charge is 2.14. The average molecular weight is 193 g/mol. The first-order valence-electron chi connectivity index (χ1n) is 4.89. The van der Waals surface area contributed by atoms with E-state index in [0.717, 1.165) is 30.9 Å². The van der Waals surface area contributed by atoms with Gasteiger partial charge in [-0.2, -0.15) is 0 Å². The van der Waals surface area contributed by atoms with Crippen LogP contribution in [0.2, 0.25) is 0 Å². The molecule has 1 aliphatic heterocycles. The number of anilines is 1. The zero-order valence-electron chi connectivity index (χ0n) is 8.29. The molecule has 0 radical (unpaired) electrons. The highest BCUT2D eigenvalue weighted by Crippen LogP contribution is 2.21. The molecule has 0 aromatic heterocycles. The van der Waals surface area contributed by atoms with Crippen molar-refractivity contribution in [3.63, 3.8) is 0 Å². The summed E-state index contributed by atoms with van der Waals surface area (Å²) in [6, 6.07) is 5.97. The Kier molecular flexibility index (Phi) is 2.59. The number of hydrogen-bond acceptors (Lipinski definition) is 3. The number of hydrogen-bond donors (Lipinski definition) is 2. The van der Waals surface area contributed by atoms with Crippen LogP contribution in [0.25, 0.3) is 0 Å². The molecule has 1 heterocycles. The molecule has 1 saturated heterocycles. The third kappa shape index (κ3) is 1.99. The van der Waals surface area contributed by atoms with Gasteiger partial charge in [0.25, 0.3) is 0 Å². The van der Waals surface area contributed by atoms with Crippen molar-refractivity contribution in [1.82, 2.24) is 0 Å². The van der Waals surface area contributed by atoms with Crippen LogP contribution >= 0.6 is 0 Å². The molecule has 1 unspecified atom stereocenters. The van der Waals surface area contributed by atoms with Crippen molar-refractivity contribution < 1.29 is 9.84 Å². The molecule has 1 atom stereocenters. The van der Waals surface area contributed by atoms with Crippen LogP contribution < -0.4 is 5.32 Å². The maximum atomic E-state index is 9.35. The standard InChI is InChI=1S/C11H15NO2/c1-8-6-9(2-3-11(8)13)12-10-4-5-14-7-10/h2-3,6,10,12-13H,4-5,7H2,1H3. The third-order valence-electron chi connectivity index (χ3n) is 2.50. The van der Waals surface area contributed by atoms with E-state index in [9.17, 15) is 5.11 Å². The zero-order chi connectivity index (χ0) is 9.97. The molecule has 1 fully saturated rings. The SMILES string of the molecule is Cc1cc(NC2CCOC2)ccc1O. The van der Waals surface area contributed by atoms with Gasteiger partial charge in [0, 0.05) is 12.3 Å². The highest BCUT2D eigenvalue weighted by molar-refractivity contribution is 5.50. The predicted octanol–water partition coefficient (Wildman–Crippen LogP) is 1.90. The molecule has 14 heavy (non-hydrogen) atoms. The molecule has 0 bridgehead atoms. The Morgan fingerprint density at radius 3 is 3.00 bits per heavy atom. The van der Waals surface area contributed by atoms with Gasteiger partial charge < -0.3 is 15.2 Å². The second-order valence-corrected chi connectivity index (χ2v) is 3.71. The van der Waals surface area contributed by atoms with E-state index in [4.69, 9.17) is 4.74 Å². The minimum absolute atomic E-state index is 0.346. The number of aromatic hydroxyl groups is 1. The summed E-state index contributed by atoms with van der Waals surface area (Å²) in [6.45, 7) is 3.51. The number of aryl methyl sites for hydroxylation is 1. The lowest BCUT2D eigenvalue weighted by atomic mass is 10.2. The van der Waals surface area contributed by atoms with Crippen molar-refractivity contribution in [3.8, 4) is 5.75 Å². The summed E-state index contributed by atoms with van der Waals surface area (Å²) < 4.78 is 5.27. The van der Waals surface area contributed by atoms with Gasteiger partial charge in [-0.1, -0.05) is 0 Å². The van der Waals surface area contributed by atoms with Gasteiger partial charge in [0.1, 0.15) is 5.75 Å². The van der Waals surface area contributed by atoms with Crippen LogP contribution in [0.3, 0.4) is 0 Å². The van der Waals surface area contributed by atoms with Crippen LogP contribution in [-0.4, -0.2) is 24.4 Å². The van der Waals surface area contributed by atoms with Crippen LogP contribution in [0.5, 0.6) is 5.75 Å². The van der Waals surface area contributed by atoms with Gasteiger partial charge in [-0.25, -0.2) is 0 Å². The fourth-order valence-electron chi connectivity index (χ4n) is 1.63. The first-order valence-corrected chi connectivity index (χ1v) is 4.89. The van der Waals surface area contributed by atoms with E-state index in [1.54, 1.807) is 6.07 Å². The van der Waals surface area contributed by atoms with Crippen LogP contribution in [-0.2, 0) is 4.74 Å². The number of benzene rings is 1. The molecule has 0 saturated carbocycles. The second kappa shape index (κ2) is 3.88. The highest BCUT2D eigenvalue weighted by atomic mass is 16.5. The molecule has 1 aromatic rings. The maximum Gasteiger partial charge on any atom is 0.118 e. The molecule has 1 aromatic carbocycles. The van der Waals surface area contributed by atoms with E-state index in [1.807, 2.05) is 19.1 Å². The minimum atomic E-state index is 0.346. The summed E-state index contributed by atoms with van der Waals surface area (Å²) in [5, 5.41) is 12.7. The summed E-state index contributed by atoms with van der Waals surface area (Å²) in [4.78, 5) is 0. The zero-order valence-corrected chi connectivity index (χ0v) is 8.29. The van der Waals surface area contributed by atoms with E-state index in [-0.39, 0.29) is 0 Å². The van der Waals surface area contributed by atoms with Crippen LogP contribution in [0, 0.1) is 6.92 Å². The molecule has 0 aliphatic carbocycles. The van der Waals surface area contributed by atoms with Crippen molar-refractivity contribution >= 4 is 5.69 Å². The number of phenolic OH excluding ortho intramolecular Hbond substituents is 1. The Hall–Kier alpha value is -1.22. The number of nitrogens with one attached hydrogen (secondary N) is 1. The molecule has 2 rings (SSSR count). The minimum Gasteiger partial charge on any atom is -0.508 e. The Morgan fingerprint density at radius 1 is 1.50 bits per heavy atom. The number of rotatable bonds is 2. The Labute approximate surface area is 83.7 Å². The largest absolute Gasteiger partial charge is 0.508 e. The second-order valence-electron chi connectivity index (χ2n) is 3.71. The first kappa shape index (κ1) is 9.34. The summed E-state index contributed by atoms with van der Waals surface area (Å²) in [6.07, 6.45) is 1.06. The van der Waals surface area contributed by atoms with Gasteiger partial charge in [0.05, 0.1) is 12.6 Å². The van der Waals surface area contributed by atoms with Crippen molar-refractivity contribution in [1.29, 1.82) is 0 Å². The summed E-state index contributed by atoms with van der Waals surface area (Å²) in [7, 11) is 0. The topological polar surface area (TPSA) is 41.5 Å². The first-order chi connectivity index (χ1) is 6.75. The van der Waals surface area contributed by atoms with Gasteiger partial charge in [0.2, 0.25) is 0 Å². The summed E-state index contributed by atoms with van der Waals surface area (Å²) in [5.74, 6) is 0.346. The Balaban J connectivity index is 2.05. The van der Waals surface area contributed by atoms with Crippen molar-refractivity contribution in [3.05, 3.63) is 23.8 Å². The summed E-state index contributed by atoms with van der Waals surface area (Å²) in [5.41, 5.74) is 1.95. The van der Waals surface area contributed by atoms with Gasteiger partial charge in [-0.05, 0) is 37.1 Å². The van der Waals surface area contributed by atoms with Crippen LogP contribution in [0.1, 0.15) is 12.0 Å². The van der Waals surface area contributed by atoms with Crippen molar-refractivity contribution in [2.45, 2.75) is 19.4 Å². The lowest BCUT2D eigenvalue weighted by Gasteiger charge is -2.12. The van der Waals surface area contributed by atoms with Crippen molar-refractivity contribution in [2.24, 2.45) is 0 Å². The third-order valence-corrected chi connectivity index (χ3v) is 2.50. The van der Waals surface area contributed by atoms with Gasteiger partial charge in [-0.15, -0.1) is 0 Å². The van der Waals surface area contributed by atoms with E-state index in [0.29, 0.717) is 11.8 Å². The predicted molar refractivity (Wildman–Crippen MR) is 55.7 cm³/mol.